The van der Waals surface area contributed by atoms with E-state index in [1.54, 1.807) is 20.8 Å². The van der Waals surface area contributed by atoms with Gasteiger partial charge in [-0.3, -0.25) is 9.48 Å². The molecule has 0 bridgehead atoms. The average Bonchev–Trinajstić information content (AvgIpc) is 3.16. The summed E-state index contributed by atoms with van der Waals surface area (Å²) in [6.07, 6.45) is -8.37. The summed E-state index contributed by atoms with van der Waals surface area (Å²) in [5.41, 5.74) is -0.876. The van der Waals surface area contributed by atoms with Crippen molar-refractivity contribution in [1.82, 2.24) is 25.0 Å². The summed E-state index contributed by atoms with van der Waals surface area (Å²) >= 11 is 0. The van der Waals surface area contributed by atoms with Crippen LogP contribution in [0.5, 0.6) is 5.88 Å². The van der Waals surface area contributed by atoms with Crippen molar-refractivity contribution in [2.24, 2.45) is 7.05 Å². The average molecular weight is 515 g/mol. The normalized spacial score (nSPS) is 12.2. The summed E-state index contributed by atoms with van der Waals surface area (Å²) in [6.45, 7) is 4.96. The molecule has 0 aliphatic heterocycles. The zero-order valence-corrected chi connectivity index (χ0v) is 19.9. The van der Waals surface area contributed by atoms with Crippen molar-refractivity contribution >= 4 is 5.78 Å². The van der Waals surface area contributed by atoms with Gasteiger partial charge in [-0.1, -0.05) is 0 Å². The number of aryl methyl sites for hydroxylation is 2. The van der Waals surface area contributed by atoms with E-state index < -0.39 is 23.7 Å². The van der Waals surface area contributed by atoms with Crippen molar-refractivity contribution in [3.63, 3.8) is 0 Å². The molecule has 7 nitrogen and oxygen atoms in total. The Morgan fingerprint density at radius 3 is 2.33 bits per heavy atom. The van der Waals surface area contributed by atoms with Gasteiger partial charge in [-0.05, 0) is 49.9 Å². The van der Waals surface area contributed by atoms with E-state index in [1.807, 2.05) is 0 Å². The number of pyridine rings is 1. The SMILES string of the molecule is CCOc1cc(CC(=O)CCc2nnc(-c3cn(C)nc3C(F)(F)F)c(C)c2C)cc(C(F)(F)F)n1. The van der Waals surface area contributed by atoms with E-state index in [-0.39, 0.29) is 54.4 Å². The minimum Gasteiger partial charge on any atom is -0.478 e. The molecule has 0 saturated heterocycles. The van der Waals surface area contributed by atoms with E-state index in [4.69, 9.17) is 4.74 Å². The highest BCUT2D eigenvalue weighted by Crippen LogP contribution is 2.37. The van der Waals surface area contributed by atoms with E-state index in [0.29, 0.717) is 16.8 Å². The molecule has 3 aromatic rings. The molecule has 0 atom stereocenters. The van der Waals surface area contributed by atoms with Gasteiger partial charge < -0.3 is 4.74 Å². The van der Waals surface area contributed by atoms with Crippen molar-refractivity contribution in [1.29, 1.82) is 0 Å². The smallest absolute Gasteiger partial charge is 0.435 e. The standard InChI is InChI=1S/C23H23F6N5O2/c1-5-36-19-10-14(9-18(30-19)22(24,25)26)8-15(35)6-7-17-12(2)13(3)20(32-31-17)16-11-34(4)33-21(16)23(27,28)29/h9-11H,5-8H2,1-4H3. The Morgan fingerprint density at radius 1 is 1.03 bits per heavy atom. The zero-order valence-electron chi connectivity index (χ0n) is 19.9. The van der Waals surface area contributed by atoms with Crippen molar-refractivity contribution in [3.8, 4) is 17.1 Å². The summed E-state index contributed by atoms with van der Waals surface area (Å²) in [5, 5.41) is 11.5. The molecule has 0 radical (unpaired) electrons. The molecule has 0 aliphatic rings. The van der Waals surface area contributed by atoms with Gasteiger partial charge in [-0.15, -0.1) is 5.10 Å². The lowest BCUT2D eigenvalue weighted by atomic mass is 9.99. The number of ether oxygens (including phenoxy) is 1. The molecule has 0 aliphatic carbocycles. The second-order valence-corrected chi connectivity index (χ2v) is 8.15. The maximum absolute atomic E-state index is 13.4. The number of carbonyl (C=O) groups excluding carboxylic acids is 1. The van der Waals surface area contributed by atoms with Crippen LogP contribution in [-0.4, -0.2) is 37.4 Å². The summed E-state index contributed by atoms with van der Waals surface area (Å²) in [6, 6.07) is 2.09. The van der Waals surface area contributed by atoms with Crippen molar-refractivity contribution in [3.05, 3.63) is 52.1 Å². The third-order valence-corrected chi connectivity index (χ3v) is 5.46. The minimum atomic E-state index is -4.70. The second-order valence-electron chi connectivity index (χ2n) is 8.15. The van der Waals surface area contributed by atoms with Crippen molar-refractivity contribution in [2.45, 2.75) is 52.4 Å². The molecule has 0 N–H and O–H groups in total. The number of nitrogens with zero attached hydrogens (tertiary/aromatic N) is 5. The number of alkyl halides is 6. The van der Waals surface area contributed by atoms with E-state index in [9.17, 15) is 31.1 Å². The predicted octanol–water partition coefficient (Wildman–Crippen LogP) is 5.07. The third-order valence-electron chi connectivity index (χ3n) is 5.46. The van der Waals surface area contributed by atoms with Crippen LogP contribution in [0.2, 0.25) is 0 Å². The van der Waals surface area contributed by atoms with Crippen LogP contribution in [0.3, 0.4) is 0 Å². The highest BCUT2D eigenvalue weighted by molar-refractivity contribution is 5.81. The number of carbonyl (C=O) groups is 1. The van der Waals surface area contributed by atoms with Crippen LogP contribution in [0.15, 0.2) is 18.3 Å². The first-order chi connectivity index (χ1) is 16.7. The molecule has 36 heavy (non-hydrogen) atoms. The summed E-state index contributed by atoms with van der Waals surface area (Å²) < 4.78 is 85.7. The van der Waals surface area contributed by atoms with Crippen LogP contribution < -0.4 is 4.74 Å². The molecule has 0 fully saturated rings. The van der Waals surface area contributed by atoms with Gasteiger partial charge in [-0.25, -0.2) is 4.98 Å². The number of Topliss-reactive ketones (excluding diaryl/α,β-unsaturated/α-hetero) is 1. The van der Waals surface area contributed by atoms with Crippen molar-refractivity contribution < 1.29 is 35.9 Å². The fourth-order valence-electron chi connectivity index (χ4n) is 3.62. The number of hydrogen-bond acceptors (Lipinski definition) is 6. The van der Waals surface area contributed by atoms with E-state index in [1.165, 1.54) is 19.3 Å². The molecule has 3 aromatic heterocycles. The fraction of sp³-hybridized carbons (Fsp3) is 0.435. The molecule has 13 heteroatoms. The number of halogens is 6. The lowest BCUT2D eigenvalue weighted by molar-refractivity contribution is -0.142. The van der Waals surface area contributed by atoms with E-state index in [2.05, 4.69) is 20.3 Å². The first kappa shape index (κ1) is 27.1. The molecule has 0 unspecified atom stereocenters. The van der Waals surface area contributed by atoms with Crippen LogP contribution in [0.25, 0.3) is 11.3 Å². The molecule has 3 rings (SSSR count). The first-order valence-electron chi connectivity index (χ1n) is 10.9. The Hall–Kier alpha value is -3.51. The fourth-order valence-corrected chi connectivity index (χ4v) is 3.62. The van der Waals surface area contributed by atoms with Crippen LogP contribution in [-0.2, 0) is 37.0 Å². The minimum absolute atomic E-state index is 0.0305. The van der Waals surface area contributed by atoms with Crippen LogP contribution >= 0.6 is 0 Å². The maximum Gasteiger partial charge on any atom is 0.435 e. The Labute approximate surface area is 202 Å². The Morgan fingerprint density at radius 2 is 1.72 bits per heavy atom. The third kappa shape index (κ3) is 6.18. The van der Waals surface area contributed by atoms with E-state index in [0.717, 1.165) is 10.7 Å². The van der Waals surface area contributed by atoms with Crippen LogP contribution in [0.1, 0.15) is 47.1 Å². The second kappa shape index (κ2) is 10.2. The number of hydrogen-bond donors (Lipinski definition) is 0. The summed E-state index contributed by atoms with van der Waals surface area (Å²) in [4.78, 5) is 16.0. The van der Waals surface area contributed by atoms with Gasteiger partial charge in [-0.2, -0.15) is 36.5 Å². The van der Waals surface area contributed by atoms with Crippen LogP contribution in [0.4, 0.5) is 26.3 Å². The van der Waals surface area contributed by atoms with Gasteiger partial charge in [0, 0.05) is 32.2 Å². The molecule has 0 aromatic carbocycles. The van der Waals surface area contributed by atoms with Gasteiger partial charge >= 0.3 is 12.4 Å². The number of aromatic nitrogens is 5. The molecular formula is C23H23F6N5O2. The van der Waals surface area contributed by atoms with Gasteiger partial charge in [0.1, 0.15) is 11.5 Å². The number of rotatable bonds is 8. The predicted molar refractivity (Wildman–Crippen MR) is 116 cm³/mol. The van der Waals surface area contributed by atoms with Crippen molar-refractivity contribution in [2.75, 3.05) is 6.61 Å². The Bertz CT molecular complexity index is 1270. The summed E-state index contributed by atoms with van der Waals surface area (Å²) in [5.74, 6) is -0.581. The largest absolute Gasteiger partial charge is 0.478 e. The summed E-state index contributed by atoms with van der Waals surface area (Å²) in [7, 11) is 1.37. The molecule has 0 spiro atoms. The first-order valence-corrected chi connectivity index (χ1v) is 10.9. The zero-order chi connectivity index (χ0) is 26.8. The van der Waals surface area contributed by atoms with Gasteiger partial charge in [0.2, 0.25) is 5.88 Å². The topological polar surface area (TPSA) is 82.8 Å². The molecule has 0 saturated carbocycles. The van der Waals surface area contributed by atoms with Gasteiger partial charge in [0.15, 0.2) is 5.69 Å². The van der Waals surface area contributed by atoms with Gasteiger partial charge in [0.25, 0.3) is 0 Å². The lowest BCUT2D eigenvalue weighted by Gasteiger charge is -2.13. The highest BCUT2D eigenvalue weighted by atomic mass is 19.4. The monoisotopic (exact) mass is 515 g/mol. The van der Waals surface area contributed by atoms with E-state index >= 15 is 0 Å². The maximum atomic E-state index is 13.4. The molecule has 0 amide bonds. The molecule has 194 valence electrons. The molecular weight excluding hydrogens is 492 g/mol. The lowest BCUT2D eigenvalue weighted by Crippen LogP contribution is -2.13. The Kier molecular flexibility index (Phi) is 7.70. The Balaban J connectivity index is 1.78. The molecule has 3 heterocycles. The number of ketones is 1. The quantitative estimate of drug-likeness (QED) is 0.390. The highest BCUT2D eigenvalue weighted by Gasteiger charge is 2.38. The van der Waals surface area contributed by atoms with Gasteiger partial charge in [0.05, 0.1) is 23.6 Å². The van der Waals surface area contributed by atoms with Crippen LogP contribution in [0, 0.1) is 13.8 Å².